The molecule has 37 heavy (non-hydrogen) atoms. The zero-order valence-corrected chi connectivity index (χ0v) is 21.6. The van der Waals surface area contributed by atoms with Gasteiger partial charge in [-0.1, -0.05) is 91.0 Å². The van der Waals surface area contributed by atoms with Crippen LogP contribution in [0.1, 0.15) is 50.3 Å². The molecule has 3 aromatic rings. The Morgan fingerprint density at radius 3 is 1.70 bits per heavy atom. The molecule has 0 spiro atoms. The fourth-order valence-electron chi connectivity index (χ4n) is 6.22. The number of ether oxygens (including phenoxy) is 1. The van der Waals surface area contributed by atoms with E-state index >= 15 is 0 Å². The van der Waals surface area contributed by atoms with Crippen LogP contribution in [0.5, 0.6) is 0 Å². The van der Waals surface area contributed by atoms with Gasteiger partial charge in [-0.05, 0) is 50.3 Å². The lowest BCUT2D eigenvalue weighted by Crippen LogP contribution is -2.70. The van der Waals surface area contributed by atoms with Crippen LogP contribution >= 0.6 is 0 Å². The average molecular weight is 499 g/mol. The Balaban J connectivity index is 1.70. The van der Waals surface area contributed by atoms with Gasteiger partial charge in [-0.3, -0.25) is 9.80 Å². The number of rotatable bonds is 5. The Kier molecular flexibility index (Phi) is 6.32. The number of nitrogens with zero attached hydrogens (tertiary/aromatic N) is 2. The molecule has 2 atom stereocenters. The minimum absolute atomic E-state index is 0.177. The van der Waals surface area contributed by atoms with E-state index in [1.807, 2.05) is 75.4 Å². The molecular formula is C31H34N2O4. The summed E-state index contributed by atoms with van der Waals surface area (Å²) in [7, 11) is 0. The molecule has 6 heteroatoms. The highest BCUT2D eigenvalue weighted by atomic mass is 16.6. The van der Waals surface area contributed by atoms with Crippen LogP contribution in [0.4, 0.5) is 4.79 Å². The van der Waals surface area contributed by atoms with Gasteiger partial charge in [-0.2, -0.15) is 0 Å². The zero-order chi connectivity index (χ0) is 26.3. The Bertz CT molecular complexity index is 1160. The molecule has 2 heterocycles. The largest absolute Gasteiger partial charge is 0.479 e. The van der Waals surface area contributed by atoms with E-state index in [4.69, 9.17) is 4.74 Å². The number of carboxylic acid groups (broad SMARTS) is 1. The first-order valence-electron chi connectivity index (χ1n) is 12.9. The maximum Gasteiger partial charge on any atom is 0.411 e. The number of fused-ring (bicyclic) bond motifs is 2. The highest BCUT2D eigenvalue weighted by Gasteiger charge is 2.62. The fraction of sp³-hybridized carbons (Fsp3) is 0.355. The summed E-state index contributed by atoms with van der Waals surface area (Å²) in [6.45, 7) is 6.12. The predicted octanol–water partition coefficient (Wildman–Crippen LogP) is 5.52. The van der Waals surface area contributed by atoms with Gasteiger partial charge in [0.05, 0.1) is 5.54 Å². The van der Waals surface area contributed by atoms with Crippen LogP contribution in [0.15, 0.2) is 91.0 Å². The lowest BCUT2D eigenvalue weighted by Gasteiger charge is -2.54. The number of benzene rings is 3. The SMILES string of the molecule is CC(C)(C)OC(=O)N1C2CCC1(C(=O)O)CN(C(c1ccccc1)(c1ccccc1)c1ccccc1)C2. The summed E-state index contributed by atoms with van der Waals surface area (Å²) in [5, 5.41) is 10.7. The molecule has 2 bridgehead atoms. The minimum Gasteiger partial charge on any atom is -0.479 e. The number of carboxylic acids is 1. The second-order valence-electron chi connectivity index (χ2n) is 11.1. The van der Waals surface area contributed by atoms with Crippen molar-refractivity contribution >= 4 is 12.1 Å². The molecule has 2 aliphatic heterocycles. The predicted molar refractivity (Wildman–Crippen MR) is 142 cm³/mol. The molecule has 3 aromatic carbocycles. The quantitative estimate of drug-likeness (QED) is 0.469. The second-order valence-corrected chi connectivity index (χ2v) is 11.1. The Morgan fingerprint density at radius 2 is 1.30 bits per heavy atom. The summed E-state index contributed by atoms with van der Waals surface area (Å²) in [6, 6.07) is 30.5. The highest BCUT2D eigenvalue weighted by Crippen LogP contribution is 2.49. The first-order valence-corrected chi connectivity index (χ1v) is 12.9. The van der Waals surface area contributed by atoms with Gasteiger partial charge in [0.15, 0.2) is 5.54 Å². The molecule has 2 unspecified atom stereocenters. The number of amides is 1. The molecule has 1 N–H and O–H groups in total. The lowest BCUT2D eigenvalue weighted by atomic mass is 9.74. The van der Waals surface area contributed by atoms with Gasteiger partial charge in [0.1, 0.15) is 5.60 Å². The van der Waals surface area contributed by atoms with Crippen LogP contribution in [0, 0.1) is 0 Å². The third kappa shape index (κ3) is 4.19. The molecule has 6 nitrogen and oxygen atoms in total. The van der Waals surface area contributed by atoms with Crippen LogP contribution in [0.2, 0.25) is 0 Å². The molecule has 2 saturated heterocycles. The van der Waals surface area contributed by atoms with E-state index in [-0.39, 0.29) is 12.6 Å². The average Bonchev–Trinajstić information content (AvgIpc) is 3.13. The molecular weight excluding hydrogens is 464 g/mol. The summed E-state index contributed by atoms with van der Waals surface area (Å²) in [6.07, 6.45) is 0.440. The molecule has 0 aromatic heterocycles. The summed E-state index contributed by atoms with van der Waals surface area (Å²) >= 11 is 0. The number of carbonyl (C=O) groups is 2. The first-order chi connectivity index (χ1) is 17.7. The van der Waals surface area contributed by atoms with Crippen molar-refractivity contribution in [3.63, 3.8) is 0 Å². The van der Waals surface area contributed by atoms with Gasteiger partial charge < -0.3 is 9.84 Å². The number of likely N-dealkylation sites (tertiary alicyclic amines) is 1. The lowest BCUT2D eigenvalue weighted by molar-refractivity contribution is -0.156. The monoisotopic (exact) mass is 498 g/mol. The zero-order valence-electron chi connectivity index (χ0n) is 21.6. The third-order valence-corrected chi connectivity index (χ3v) is 7.64. The molecule has 0 saturated carbocycles. The van der Waals surface area contributed by atoms with Gasteiger partial charge in [0.25, 0.3) is 0 Å². The maximum absolute atomic E-state index is 13.4. The molecule has 5 rings (SSSR count). The molecule has 192 valence electrons. The fourth-order valence-corrected chi connectivity index (χ4v) is 6.22. The van der Waals surface area contributed by atoms with Crippen molar-refractivity contribution in [1.29, 1.82) is 0 Å². The van der Waals surface area contributed by atoms with Crippen molar-refractivity contribution in [2.24, 2.45) is 0 Å². The van der Waals surface area contributed by atoms with Crippen LogP contribution in [-0.4, -0.2) is 57.2 Å². The van der Waals surface area contributed by atoms with Crippen molar-refractivity contribution in [1.82, 2.24) is 9.80 Å². The summed E-state index contributed by atoms with van der Waals surface area (Å²) < 4.78 is 5.71. The van der Waals surface area contributed by atoms with E-state index in [1.54, 1.807) is 0 Å². The van der Waals surface area contributed by atoms with E-state index in [1.165, 1.54) is 4.90 Å². The number of hydrogen-bond donors (Lipinski definition) is 1. The van der Waals surface area contributed by atoms with Gasteiger partial charge in [-0.25, -0.2) is 9.59 Å². The maximum atomic E-state index is 13.4. The topological polar surface area (TPSA) is 70.1 Å². The third-order valence-electron chi connectivity index (χ3n) is 7.64. The first kappa shape index (κ1) is 25.0. The minimum atomic E-state index is -1.38. The molecule has 0 aliphatic carbocycles. The summed E-state index contributed by atoms with van der Waals surface area (Å²) in [4.78, 5) is 30.2. The smallest absolute Gasteiger partial charge is 0.411 e. The number of carbonyl (C=O) groups excluding carboxylic acids is 1. The Morgan fingerprint density at radius 1 is 0.838 bits per heavy atom. The molecule has 2 aliphatic rings. The van der Waals surface area contributed by atoms with E-state index in [2.05, 4.69) is 41.3 Å². The highest BCUT2D eigenvalue weighted by molar-refractivity contribution is 5.86. The van der Waals surface area contributed by atoms with Crippen molar-refractivity contribution in [2.75, 3.05) is 13.1 Å². The Labute approximate surface area is 218 Å². The molecule has 2 fully saturated rings. The summed E-state index contributed by atoms with van der Waals surface area (Å²) in [5.41, 5.74) is 0.325. The van der Waals surface area contributed by atoms with Gasteiger partial charge in [0, 0.05) is 19.1 Å². The van der Waals surface area contributed by atoms with Crippen LogP contribution < -0.4 is 0 Å². The van der Waals surface area contributed by atoms with Crippen LogP contribution in [0.3, 0.4) is 0 Å². The van der Waals surface area contributed by atoms with Crippen molar-refractivity contribution in [3.05, 3.63) is 108 Å². The van der Waals surface area contributed by atoms with Gasteiger partial charge in [-0.15, -0.1) is 0 Å². The van der Waals surface area contributed by atoms with Gasteiger partial charge >= 0.3 is 12.1 Å². The van der Waals surface area contributed by atoms with Crippen molar-refractivity contribution in [2.45, 2.75) is 56.3 Å². The van der Waals surface area contributed by atoms with Gasteiger partial charge in [0.2, 0.25) is 0 Å². The number of aliphatic carboxylic acids is 1. The number of hydrogen-bond acceptors (Lipinski definition) is 4. The van der Waals surface area contributed by atoms with E-state index in [0.717, 1.165) is 16.7 Å². The second kappa shape index (κ2) is 9.34. The van der Waals surface area contributed by atoms with Crippen LogP contribution in [-0.2, 0) is 15.1 Å². The van der Waals surface area contributed by atoms with Crippen molar-refractivity contribution < 1.29 is 19.4 Å². The Hall–Kier alpha value is -3.64. The number of piperazine rings is 1. The molecule has 0 radical (unpaired) electrons. The van der Waals surface area contributed by atoms with E-state index in [9.17, 15) is 14.7 Å². The molecule has 1 amide bonds. The summed E-state index contributed by atoms with van der Waals surface area (Å²) in [5.74, 6) is -0.992. The standard InChI is InChI=1S/C31H34N2O4/c1-29(2,3)37-28(36)33-26-19-20-30(33,27(34)35)22-32(21-26)31(23-13-7-4-8-14-23,24-15-9-5-10-16-24)25-17-11-6-12-18-25/h4-18,26H,19-22H2,1-3H3,(H,34,35). The van der Waals surface area contributed by atoms with Crippen LogP contribution in [0.25, 0.3) is 0 Å². The van der Waals surface area contributed by atoms with Crippen molar-refractivity contribution in [3.8, 4) is 0 Å². The van der Waals surface area contributed by atoms with E-state index < -0.39 is 28.7 Å². The van der Waals surface area contributed by atoms with E-state index in [0.29, 0.717) is 19.4 Å². The normalized spacial score (nSPS) is 22.0.